The van der Waals surface area contributed by atoms with Crippen LogP contribution in [0.5, 0.6) is 11.5 Å². The van der Waals surface area contributed by atoms with Crippen molar-refractivity contribution in [3.8, 4) is 11.5 Å². The fraction of sp³-hybridized carbons (Fsp3) is 0.143. The van der Waals surface area contributed by atoms with Crippen LogP contribution in [0.15, 0.2) is 30.5 Å². The number of ether oxygens (including phenoxy) is 2. The van der Waals surface area contributed by atoms with Crippen molar-refractivity contribution in [1.29, 1.82) is 0 Å². The number of fused-ring (bicyclic) bond motifs is 2. The predicted molar refractivity (Wildman–Crippen MR) is 75.7 cm³/mol. The summed E-state index contributed by atoms with van der Waals surface area (Å²) in [7, 11) is 1.74. The summed E-state index contributed by atoms with van der Waals surface area (Å²) in [6, 6.07) is 6.07. The first kappa shape index (κ1) is 13.6. The summed E-state index contributed by atoms with van der Waals surface area (Å²) >= 11 is 0. The van der Waals surface area contributed by atoms with Gasteiger partial charge in [-0.3, -0.25) is 10.1 Å². The molecule has 2 aromatic heterocycles. The Morgan fingerprint density at radius 3 is 2.78 bits per heavy atom. The number of hydrogen-bond donors (Lipinski definition) is 2. The highest BCUT2D eigenvalue weighted by Crippen LogP contribution is 2.42. The van der Waals surface area contributed by atoms with E-state index in [0.29, 0.717) is 16.7 Å². The molecule has 1 aromatic carbocycles. The molecule has 118 valence electrons. The minimum Gasteiger partial charge on any atom is -0.395 e. The highest BCUT2D eigenvalue weighted by Gasteiger charge is 2.43. The van der Waals surface area contributed by atoms with E-state index in [1.54, 1.807) is 29.9 Å². The van der Waals surface area contributed by atoms with Gasteiger partial charge < -0.3 is 19.0 Å². The van der Waals surface area contributed by atoms with Gasteiger partial charge in [0.25, 0.3) is 5.91 Å². The zero-order chi connectivity index (χ0) is 16.2. The van der Waals surface area contributed by atoms with Crippen molar-refractivity contribution in [3.05, 3.63) is 36.2 Å². The van der Waals surface area contributed by atoms with Crippen molar-refractivity contribution in [2.75, 3.05) is 5.32 Å². The molecule has 0 fully saturated rings. The standard InChI is InChI=1S/C14H10F2N4O3/c1-20-4-2-3-9(20)12(21)19-13-17-7-5-10-11(6-8(7)18-13)23-14(15,16)22-10/h2-6H,1H3,(H2,17,18,19,21). The number of aromatic nitrogens is 3. The number of carbonyl (C=O) groups excluding carboxylic acids is 1. The summed E-state index contributed by atoms with van der Waals surface area (Å²) in [4.78, 5) is 19.1. The van der Waals surface area contributed by atoms with Gasteiger partial charge in [0.2, 0.25) is 5.95 Å². The Bertz CT molecular complexity index is 886. The predicted octanol–water partition coefficient (Wildman–Crippen LogP) is 2.48. The maximum absolute atomic E-state index is 13.0. The molecule has 0 radical (unpaired) electrons. The van der Waals surface area contributed by atoms with Crippen molar-refractivity contribution < 1.29 is 23.0 Å². The van der Waals surface area contributed by atoms with Crippen LogP contribution >= 0.6 is 0 Å². The third-order valence-corrected chi connectivity index (χ3v) is 3.41. The Labute approximate surface area is 127 Å². The molecule has 0 saturated carbocycles. The lowest BCUT2D eigenvalue weighted by Crippen LogP contribution is -2.25. The van der Waals surface area contributed by atoms with Gasteiger partial charge in [0.15, 0.2) is 11.5 Å². The molecule has 3 aromatic rings. The normalized spacial score (nSPS) is 15.1. The van der Waals surface area contributed by atoms with Crippen molar-refractivity contribution in [2.45, 2.75) is 6.29 Å². The molecule has 1 amide bonds. The lowest BCUT2D eigenvalue weighted by atomic mass is 10.3. The first-order chi connectivity index (χ1) is 10.9. The zero-order valence-corrected chi connectivity index (χ0v) is 11.8. The van der Waals surface area contributed by atoms with Gasteiger partial charge in [0.05, 0.1) is 11.0 Å². The van der Waals surface area contributed by atoms with Crippen LogP contribution in [-0.2, 0) is 7.05 Å². The number of H-pyrrole nitrogens is 1. The molecule has 7 nitrogen and oxygen atoms in total. The molecule has 3 heterocycles. The number of nitrogens with zero attached hydrogens (tertiary/aromatic N) is 2. The van der Waals surface area contributed by atoms with Crippen LogP contribution in [-0.4, -0.2) is 26.7 Å². The third-order valence-electron chi connectivity index (χ3n) is 3.41. The number of carbonyl (C=O) groups is 1. The average molecular weight is 320 g/mol. The van der Waals surface area contributed by atoms with Crippen molar-refractivity contribution >= 4 is 22.9 Å². The average Bonchev–Trinajstić information content (AvgIpc) is 3.10. The summed E-state index contributed by atoms with van der Waals surface area (Å²) in [5.74, 6) is -0.342. The highest BCUT2D eigenvalue weighted by atomic mass is 19.3. The van der Waals surface area contributed by atoms with Crippen LogP contribution in [0.25, 0.3) is 11.0 Å². The number of rotatable bonds is 2. The molecule has 1 aliphatic heterocycles. The summed E-state index contributed by atoms with van der Waals surface area (Å²) < 4.78 is 36.4. The zero-order valence-electron chi connectivity index (χ0n) is 11.8. The van der Waals surface area contributed by atoms with E-state index in [0.717, 1.165) is 0 Å². The lowest BCUT2D eigenvalue weighted by Gasteiger charge is -2.04. The molecule has 0 aliphatic carbocycles. The molecule has 9 heteroatoms. The molecule has 0 bridgehead atoms. The molecular formula is C14H10F2N4O3. The van der Waals surface area contributed by atoms with Crippen LogP contribution in [0.3, 0.4) is 0 Å². The van der Waals surface area contributed by atoms with Gasteiger partial charge in [-0.2, -0.15) is 0 Å². The van der Waals surface area contributed by atoms with Crippen molar-refractivity contribution in [2.24, 2.45) is 7.05 Å². The second-order valence-corrected chi connectivity index (χ2v) is 5.03. The SMILES string of the molecule is Cn1cccc1C(=O)Nc1nc2cc3c(cc2[nH]1)OC(F)(F)O3. The Morgan fingerprint density at radius 2 is 2.09 bits per heavy atom. The van der Waals surface area contributed by atoms with Crippen LogP contribution in [0.2, 0.25) is 0 Å². The van der Waals surface area contributed by atoms with E-state index in [2.05, 4.69) is 24.8 Å². The Hall–Kier alpha value is -3.10. The fourth-order valence-corrected chi connectivity index (χ4v) is 2.38. The van der Waals surface area contributed by atoms with E-state index in [-0.39, 0.29) is 23.4 Å². The van der Waals surface area contributed by atoms with E-state index >= 15 is 0 Å². The topological polar surface area (TPSA) is 81.2 Å². The van der Waals surface area contributed by atoms with E-state index < -0.39 is 6.29 Å². The minimum atomic E-state index is -3.68. The number of aromatic amines is 1. The number of amides is 1. The minimum absolute atomic E-state index is 0.0912. The number of aryl methyl sites for hydroxylation is 1. The van der Waals surface area contributed by atoms with E-state index in [1.807, 2.05) is 0 Å². The first-order valence-electron chi connectivity index (χ1n) is 6.63. The van der Waals surface area contributed by atoms with Crippen LogP contribution < -0.4 is 14.8 Å². The molecule has 23 heavy (non-hydrogen) atoms. The summed E-state index contributed by atoms with van der Waals surface area (Å²) in [5.41, 5.74) is 1.26. The van der Waals surface area contributed by atoms with Crippen LogP contribution in [0, 0.1) is 0 Å². The molecule has 2 N–H and O–H groups in total. The highest BCUT2D eigenvalue weighted by molar-refractivity contribution is 6.03. The van der Waals surface area contributed by atoms with Gasteiger partial charge in [-0.15, -0.1) is 8.78 Å². The number of alkyl halides is 2. The molecule has 0 unspecified atom stereocenters. The molecule has 0 spiro atoms. The number of anilines is 1. The van der Waals surface area contributed by atoms with Gasteiger partial charge in [-0.05, 0) is 12.1 Å². The number of imidazole rings is 1. The second-order valence-electron chi connectivity index (χ2n) is 5.03. The molecular weight excluding hydrogens is 310 g/mol. The largest absolute Gasteiger partial charge is 0.586 e. The van der Waals surface area contributed by atoms with Gasteiger partial charge in [0, 0.05) is 25.4 Å². The molecule has 0 saturated heterocycles. The monoisotopic (exact) mass is 320 g/mol. The summed E-state index contributed by atoms with van der Waals surface area (Å²) in [6.45, 7) is 0. The third kappa shape index (κ3) is 2.26. The second kappa shape index (κ2) is 4.45. The Balaban J connectivity index is 1.64. The lowest BCUT2D eigenvalue weighted by molar-refractivity contribution is -0.286. The molecule has 4 rings (SSSR count). The van der Waals surface area contributed by atoms with Crippen LogP contribution in [0.1, 0.15) is 10.5 Å². The van der Waals surface area contributed by atoms with Gasteiger partial charge in [-0.25, -0.2) is 4.98 Å². The van der Waals surface area contributed by atoms with E-state index in [1.165, 1.54) is 12.1 Å². The van der Waals surface area contributed by atoms with E-state index in [9.17, 15) is 13.6 Å². The Kier molecular flexibility index (Phi) is 2.62. The summed E-state index contributed by atoms with van der Waals surface area (Å²) in [6.07, 6.45) is -1.93. The van der Waals surface area contributed by atoms with E-state index in [4.69, 9.17) is 0 Å². The van der Waals surface area contributed by atoms with Gasteiger partial charge in [-0.1, -0.05) is 0 Å². The molecule has 1 aliphatic rings. The van der Waals surface area contributed by atoms with Gasteiger partial charge in [0.1, 0.15) is 5.69 Å². The smallest absolute Gasteiger partial charge is 0.395 e. The Morgan fingerprint density at radius 1 is 1.35 bits per heavy atom. The fourth-order valence-electron chi connectivity index (χ4n) is 2.38. The number of benzene rings is 1. The number of halogens is 2. The van der Waals surface area contributed by atoms with Crippen LogP contribution in [0.4, 0.5) is 14.7 Å². The quantitative estimate of drug-likeness (QED) is 0.760. The van der Waals surface area contributed by atoms with Gasteiger partial charge >= 0.3 is 6.29 Å². The number of nitrogens with one attached hydrogen (secondary N) is 2. The molecule has 0 atom stereocenters. The van der Waals surface area contributed by atoms with Crippen molar-refractivity contribution in [3.63, 3.8) is 0 Å². The summed E-state index contributed by atoms with van der Waals surface area (Å²) in [5, 5.41) is 2.61. The number of hydrogen-bond acceptors (Lipinski definition) is 4. The first-order valence-corrected chi connectivity index (χ1v) is 6.63. The maximum Gasteiger partial charge on any atom is 0.586 e. The van der Waals surface area contributed by atoms with Crippen molar-refractivity contribution in [1.82, 2.24) is 14.5 Å². The maximum atomic E-state index is 13.0.